The number of ether oxygens (including phenoxy) is 1. The molecule has 2 N–H and O–H groups in total. The molecule has 2 aromatic rings. The van der Waals surface area contributed by atoms with Crippen molar-refractivity contribution in [2.75, 3.05) is 18.6 Å². The van der Waals surface area contributed by atoms with Crippen LogP contribution in [0.3, 0.4) is 0 Å². The number of hydrogen-bond donors (Lipinski definition) is 2. The van der Waals surface area contributed by atoms with Gasteiger partial charge in [0.1, 0.15) is 24.2 Å². The van der Waals surface area contributed by atoms with Gasteiger partial charge in [0.15, 0.2) is 5.71 Å². The number of oxime groups is 1. The van der Waals surface area contributed by atoms with Gasteiger partial charge < -0.3 is 24.4 Å². The van der Waals surface area contributed by atoms with E-state index in [2.05, 4.69) is 25.7 Å². The first-order valence-corrected chi connectivity index (χ1v) is 12.2. The third-order valence-electron chi connectivity index (χ3n) is 4.41. The number of amides is 2. The minimum Gasteiger partial charge on any atom is -0.449 e. The largest absolute Gasteiger partial charge is 0.512 e. The van der Waals surface area contributed by atoms with Crippen LogP contribution in [-0.4, -0.2) is 78.9 Å². The van der Waals surface area contributed by atoms with E-state index in [1.807, 2.05) is 0 Å². The second-order valence-corrected chi connectivity index (χ2v) is 9.26. The minimum atomic E-state index is -1.55. The molecule has 2 aliphatic heterocycles. The first kappa shape index (κ1) is 23.1. The van der Waals surface area contributed by atoms with Crippen LogP contribution in [0.5, 0.6) is 0 Å². The van der Waals surface area contributed by atoms with Crippen LogP contribution in [0.15, 0.2) is 37.1 Å². The summed E-state index contributed by atoms with van der Waals surface area (Å²) >= 11 is 3.84. The Morgan fingerprint density at radius 2 is 2.27 bits per heavy atom. The molecule has 0 radical (unpaired) electrons. The number of β-lactam (4-membered cyclic amide) rings is 1. The highest BCUT2D eigenvalue weighted by Crippen LogP contribution is 2.41. The summed E-state index contributed by atoms with van der Waals surface area (Å²) < 4.78 is 10.3. The number of nitrogens with zero attached hydrogens (tertiary/aromatic N) is 5. The number of carbonyl (C=O) groups excluding carboxylic acids is 2. The van der Waals surface area contributed by atoms with Crippen LogP contribution >= 0.6 is 34.9 Å². The SMILES string of the molecule is CON=C(C(=O)NC1C(=O)N2C(OC(=O)O)=C(CSc3nnc(C)o3)CS[C@@H]12)c1cscn1. The molecular weight excluding hydrogens is 496 g/mol. The van der Waals surface area contributed by atoms with Gasteiger partial charge in [-0.1, -0.05) is 16.9 Å². The zero-order chi connectivity index (χ0) is 23.5. The van der Waals surface area contributed by atoms with Crippen molar-refractivity contribution >= 4 is 58.5 Å². The quantitative estimate of drug-likeness (QED) is 0.171. The van der Waals surface area contributed by atoms with E-state index in [0.29, 0.717) is 28.1 Å². The van der Waals surface area contributed by atoms with Gasteiger partial charge in [-0.15, -0.1) is 33.3 Å². The lowest BCUT2D eigenvalue weighted by Crippen LogP contribution is -2.70. The molecule has 2 aliphatic rings. The number of rotatable bonds is 8. The van der Waals surface area contributed by atoms with Crippen molar-refractivity contribution in [3.8, 4) is 0 Å². The van der Waals surface area contributed by atoms with Crippen molar-refractivity contribution in [3.63, 3.8) is 0 Å². The van der Waals surface area contributed by atoms with Crippen molar-refractivity contribution in [2.45, 2.75) is 23.6 Å². The zero-order valence-electron chi connectivity index (χ0n) is 17.1. The summed E-state index contributed by atoms with van der Waals surface area (Å²) in [6.45, 7) is 1.65. The number of aromatic nitrogens is 3. The lowest BCUT2D eigenvalue weighted by Gasteiger charge is -2.49. The fourth-order valence-electron chi connectivity index (χ4n) is 3.03. The molecule has 0 saturated carbocycles. The molecular formula is C17H16N6O7S3. The van der Waals surface area contributed by atoms with Crippen LogP contribution in [0.2, 0.25) is 0 Å². The predicted octanol–water partition coefficient (Wildman–Crippen LogP) is 1.28. The molecule has 16 heteroatoms. The Bertz CT molecular complexity index is 1130. The molecule has 2 aromatic heterocycles. The maximum Gasteiger partial charge on any atom is 0.512 e. The number of thiazole rings is 1. The average Bonchev–Trinajstić information content (AvgIpc) is 3.45. The minimum absolute atomic E-state index is 0.0734. The molecule has 1 fully saturated rings. The third kappa shape index (κ3) is 4.81. The molecule has 4 heterocycles. The second-order valence-electron chi connectivity index (χ2n) is 6.51. The number of nitrogens with one attached hydrogen (secondary N) is 1. The summed E-state index contributed by atoms with van der Waals surface area (Å²) in [6, 6.07) is -0.900. The molecule has 0 aromatic carbocycles. The Morgan fingerprint density at radius 1 is 1.45 bits per heavy atom. The summed E-state index contributed by atoms with van der Waals surface area (Å²) in [5, 5.41) is 24.5. The van der Waals surface area contributed by atoms with E-state index in [4.69, 9.17) is 14.0 Å². The Morgan fingerprint density at radius 3 is 2.91 bits per heavy atom. The standard InChI is InChI=1S/C17H16N6O7S3/c1-7-20-21-16(29-7)33-4-8-3-32-15-11(13(25)23(15)14(8)30-17(26)27)19-12(24)10(22-28-2)9-5-31-6-18-9/h5-6,11,15H,3-4H2,1-2H3,(H,19,24)(H,26,27)/t11?,15-/m0/s1. The first-order valence-electron chi connectivity index (χ1n) is 9.20. The Balaban J connectivity index is 1.49. The molecule has 0 bridgehead atoms. The number of fused-ring (bicyclic) bond motifs is 1. The maximum atomic E-state index is 12.9. The Labute approximate surface area is 198 Å². The van der Waals surface area contributed by atoms with Crippen LogP contribution in [0.1, 0.15) is 11.6 Å². The Hall–Kier alpha value is -3.11. The van der Waals surface area contributed by atoms with Crippen LogP contribution in [0.25, 0.3) is 0 Å². The highest BCUT2D eigenvalue weighted by molar-refractivity contribution is 8.01. The second kappa shape index (κ2) is 9.80. The van der Waals surface area contributed by atoms with E-state index in [0.717, 1.165) is 0 Å². The predicted molar refractivity (Wildman–Crippen MR) is 117 cm³/mol. The summed E-state index contributed by atoms with van der Waals surface area (Å²) in [5.74, 6) is -0.177. The molecule has 2 amide bonds. The van der Waals surface area contributed by atoms with Gasteiger partial charge in [-0.3, -0.25) is 14.5 Å². The highest BCUT2D eigenvalue weighted by atomic mass is 32.2. The third-order valence-corrected chi connectivity index (χ3v) is 7.24. The molecule has 13 nitrogen and oxygen atoms in total. The number of thioether (sulfide) groups is 2. The van der Waals surface area contributed by atoms with Gasteiger partial charge in [0, 0.05) is 29.4 Å². The molecule has 33 heavy (non-hydrogen) atoms. The van der Waals surface area contributed by atoms with E-state index in [1.165, 1.54) is 52.4 Å². The van der Waals surface area contributed by atoms with Crippen LogP contribution in [0.4, 0.5) is 4.79 Å². The van der Waals surface area contributed by atoms with Gasteiger partial charge in [-0.25, -0.2) is 9.78 Å². The molecule has 174 valence electrons. The summed E-state index contributed by atoms with van der Waals surface area (Å²) in [6.07, 6.45) is -1.55. The molecule has 0 spiro atoms. The molecule has 2 atom stereocenters. The number of hydrogen-bond acceptors (Lipinski definition) is 13. The number of carboxylic acid groups (broad SMARTS) is 1. The van der Waals surface area contributed by atoms with E-state index in [-0.39, 0.29) is 17.3 Å². The lowest BCUT2D eigenvalue weighted by atomic mass is 10.1. The molecule has 4 rings (SSSR count). The van der Waals surface area contributed by atoms with Crippen LogP contribution in [0, 0.1) is 6.92 Å². The summed E-state index contributed by atoms with van der Waals surface area (Å²) in [4.78, 5) is 46.9. The van der Waals surface area contributed by atoms with Crippen molar-refractivity contribution < 1.29 is 33.5 Å². The van der Waals surface area contributed by atoms with Crippen LogP contribution < -0.4 is 5.32 Å². The topological polar surface area (TPSA) is 169 Å². The maximum absolute atomic E-state index is 12.9. The molecule has 0 aliphatic carbocycles. The van der Waals surface area contributed by atoms with Gasteiger partial charge in [-0.05, 0) is 0 Å². The van der Waals surface area contributed by atoms with E-state index < -0.39 is 29.4 Å². The highest BCUT2D eigenvalue weighted by Gasteiger charge is 2.54. The first-order chi connectivity index (χ1) is 15.9. The number of aryl methyl sites for hydroxylation is 1. The number of carbonyl (C=O) groups is 3. The smallest absolute Gasteiger partial charge is 0.449 e. The Kier molecular flexibility index (Phi) is 6.85. The van der Waals surface area contributed by atoms with Crippen molar-refractivity contribution in [1.29, 1.82) is 0 Å². The normalized spacial score (nSPS) is 20.2. The van der Waals surface area contributed by atoms with E-state index in [1.54, 1.807) is 12.3 Å². The van der Waals surface area contributed by atoms with Crippen molar-refractivity contribution in [3.05, 3.63) is 33.9 Å². The van der Waals surface area contributed by atoms with Gasteiger partial charge in [0.25, 0.3) is 17.0 Å². The van der Waals surface area contributed by atoms with E-state index in [9.17, 15) is 19.5 Å². The van der Waals surface area contributed by atoms with Crippen LogP contribution in [-0.2, 0) is 19.2 Å². The van der Waals surface area contributed by atoms with Crippen molar-refractivity contribution in [2.24, 2.45) is 5.16 Å². The van der Waals surface area contributed by atoms with Gasteiger partial charge >= 0.3 is 6.16 Å². The monoisotopic (exact) mass is 512 g/mol. The van der Waals surface area contributed by atoms with Crippen molar-refractivity contribution in [1.82, 2.24) is 25.4 Å². The fourth-order valence-corrected chi connectivity index (χ4v) is 5.82. The van der Waals surface area contributed by atoms with Gasteiger partial charge in [0.2, 0.25) is 11.8 Å². The van der Waals surface area contributed by atoms with Gasteiger partial charge in [0.05, 0.1) is 5.51 Å². The molecule has 1 saturated heterocycles. The average molecular weight is 513 g/mol. The lowest BCUT2D eigenvalue weighted by molar-refractivity contribution is -0.148. The van der Waals surface area contributed by atoms with Gasteiger partial charge in [-0.2, -0.15) is 0 Å². The summed E-state index contributed by atoms with van der Waals surface area (Å²) in [5.41, 5.74) is 2.35. The summed E-state index contributed by atoms with van der Waals surface area (Å²) in [7, 11) is 1.29. The van der Waals surface area contributed by atoms with E-state index >= 15 is 0 Å². The fraction of sp³-hybridized carbons (Fsp3) is 0.353. The zero-order valence-corrected chi connectivity index (χ0v) is 19.5. The molecule has 1 unspecified atom stereocenters.